The second-order valence-electron chi connectivity index (χ2n) is 3.46. The van der Waals surface area contributed by atoms with Gasteiger partial charge in [0.05, 0.1) is 0 Å². The minimum Gasteiger partial charge on any atom is -0.228 e. The molecule has 0 saturated heterocycles. The second-order valence-corrected chi connectivity index (χ2v) is 4.52. The predicted molar refractivity (Wildman–Crippen MR) is 65.6 cm³/mol. The number of nitrogens with zero attached hydrogens (tertiary/aromatic N) is 5. The first-order valence-electron chi connectivity index (χ1n) is 5.10. The lowest BCUT2D eigenvalue weighted by Gasteiger charge is -2.05. The largest absolute Gasteiger partial charge is 0.228 e. The van der Waals surface area contributed by atoms with E-state index in [1.54, 1.807) is 11.8 Å². The third kappa shape index (κ3) is 3.72. The standard InChI is InChI=1S/C10H15N5S/c1-7-8(2)13-10(14-9(7)3)16-6-4-5-12-15-11/h4-6H2,1-3H3. The lowest BCUT2D eigenvalue weighted by molar-refractivity contribution is 0.873. The molecule has 0 amide bonds. The van der Waals surface area contributed by atoms with Crippen LogP contribution in [-0.4, -0.2) is 22.3 Å². The summed E-state index contributed by atoms with van der Waals surface area (Å²) in [5.74, 6) is 0.876. The fourth-order valence-electron chi connectivity index (χ4n) is 1.15. The molecule has 0 aliphatic heterocycles. The SMILES string of the molecule is Cc1nc(SCCCN=[N+]=[N-])nc(C)c1C. The van der Waals surface area contributed by atoms with Crippen LogP contribution in [0.25, 0.3) is 10.4 Å². The van der Waals surface area contributed by atoms with Crippen molar-refractivity contribution in [3.05, 3.63) is 27.4 Å². The summed E-state index contributed by atoms with van der Waals surface area (Å²) in [6.45, 7) is 6.55. The van der Waals surface area contributed by atoms with Crippen molar-refractivity contribution in [2.45, 2.75) is 32.3 Å². The predicted octanol–water partition coefficient (Wildman–Crippen LogP) is 3.19. The first kappa shape index (κ1) is 12.8. The van der Waals surface area contributed by atoms with Gasteiger partial charge in [-0.05, 0) is 38.3 Å². The van der Waals surface area contributed by atoms with E-state index >= 15 is 0 Å². The van der Waals surface area contributed by atoms with Gasteiger partial charge >= 0.3 is 0 Å². The smallest absolute Gasteiger partial charge is 0.187 e. The number of thioether (sulfide) groups is 1. The van der Waals surface area contributed by atoms with Gasteiger partial charge in [-0.25, -0.2) is 9.97 Å². The van der Waals surface area contributed by atoms with Crippen LogP contribution in [0.5, 0.6) is 0 Å². The third-order valence-electron chi connectivity index (χ3n) is 2.31. The molecular weight excluding hydrogens is 222 g/mol. The van der Waals surface area contributed by atoms with E-state index in [-0.39, 0.29) is 0 Å². The zero-order valence-electron chi connectivity index (χ0n) is 9.77. The van der Waals surface area contributed by atoms with E-state index in [0.717, 1.165) is 34.3 Å². The Morgan fingerprint density at radius 3 is 2.44 bits per heavy atom. The monoisotopic (exact) mass is 237 g/mol. The Labute approximate surface area is 99.3 Å². The van der Waals surface area contributed by atoms with Gasteiger partial charge in [0.15, 0.2) is 5.16 Å². The molecule has 16 heavy (non-hydrogen) atoms. The molecule has 0 aliphatic rings. The molecule has 0 aromatic carbocycles. The van der Waals surface area contributed by atoms with Crippen LogP contribution in [0.15, 0.2) is 10.3 Å². The summed E-state index contributed by atoms with van der Waals surface area (Å²) >= 11 is 1.60. The lowest BCUT2D eigenvalue weighted by atomic mass is 10.2. The number of aryl methyl sites for hydroxylation is 2. The number of hydrogen-bond donors (Lipinski definition) is 0. The maximum atomic E-state index is 8.11. The van der Waals surface area contributed by atoms with E-state index in [2.05, 4.69) is 20.0 Å². The van der Waals surface area contributed by atoms with Gasteiger partial charge in [0.2, 0.25) is 0 Å². The topological polar surface area (TPSA) is 74.5 Å². The molecule has 6 heteroatoms. The minimum absolute atomic E-state index is 0.535. The number of aromatic nitrogens is 2. The molecule has 0 unspecified atom stereocenters. The Morgan fingerprint density at radius 1 is 1.25 bits per heavy atom. The molecule has 0 radical (unpaired) electrons. The molecule has 0 bridgehead atoms. The fourth-order valence-corrected chi connectivity index (χ4v) is 2.01. The van der Waals surface area contributed by atoms with Gasteiger partial charge in [-0.1, -0.05) is 16.9 Å². The Hall–Kier alpha value is -1.26. The summed E-state index contributed by atoms with van der Waals surface area (Å²) in [4.78, 5) is 11.5. The van der Waals surface area contributed by atoms with E-state index in [0.29, 0.717) is 6.54 Å². The highest BCUT2D eigenvalue weighted by Gasteiger charge is 2.04. The van der Waals surface area contributed by atoms with Crippen molar-refractivity contribution in [1.82, 2.24) is 9.97 Å². The van der Waals surface area contributed by atoms with Crippen molar-refractivity contribution in [1.29, 1.82) is 0 Å². The van der Waals surface area contributed by atoms with Gasteiger partial charge in [-0.15, -0.1) is 0 Å². The Balaban J connectivity index is 2.51. The van der Waals surface area contributed by atoms with E-state index in [4.69, 9.17) is 5.53 Å². The van der Waals surface area contributed by atoms with Crippen molar-refractivity contribution >= 4 is 11.8 Å². The molecule has 1 aromatic rings. The average molecular weight is 237 g/mol. The number of azide groups is 1. The van der Waals surface area contributed by atoms with Crippen LogP contribution in [0.3, 0.4) is 0 Å². The van der Waals surface area contributed by atoms with Gasteiger partial charge in [-0.3, -0.25) is 0 Å². The summed E-state index contributed by atoms with van der Waals surface area (Å²) in [6.07, 6.45) is 0.851. The van der Waals surface area contributed by atoms with Crippen molar-refractivity contribution < 1.29 is 0 Å². The van der Waals surface area contributed by atoms with E-state index in [9.17, 15) is 0 Å². The van der Waals surface area contributed by atoms with E-state index in [1.807, 2.05) is 20.8 Å². The van der Waals surface area contributed by atoms with Crippen molar-refractivity contribution in [3.63, 3.8) is 0 Å². The van der Waals surface area contributed by atoms with Crippen molar-refractivity contribution in [3.8, 4) is 0 Å². The summed E-state index contributed by atoms with van der Waals surface area (Å²) in [5, 5.41) is 4.29. The highest BCUT2D eigenvalue weighted by atomic mass is 32.2. The summed E-state index contributed by atoms with van der Waals surface area (Å²) in [5.41, 5.74) is 11.3. The molecule has 0 N–H and O–H groups in total. The zero-order valence-corrected chi connectivity index (χ0v) is 10.6. The molecule has 1 heterocycles. The van der Waals surface area contributed by atoms with Gasteiger partial charge in [0, 0.05) is 28.6 Å². The molecule has 0 spiro atoms. The molecule has 1 rings (SSSR count). The van der Waals surface area contributed by atoms with Crippen LogP contribution in [0, 0.1) is 20.8 Å². The van der Waals surface area contributed by atoms with Gasteiger partial charge in [0.25, 0.3) is 0 Å². The normalized spacial score (nSPS) is 9.94. The van der Waals surface area contributed by atoms with Crippen LogP contribution in [0.4, 0.5) is 0 Å². The first-order valence-corrected chi connectivity index (χ1v) is 6.09. The third-order valence-corrected chi connectivity index (χ3v) is 3.24. The second kappa shape index (κ2) is 6.35. The Kier molecular flexibility index (Phi) is 5.08. The Bertz CT molecular complexity index is 389. The van der Waals surface area contributed by atoms with Crippen LogP contribution >= 0.6 is 11.8 Å². The molecule has 5 nitrogen and oxygen atoms in total. The molecule has 0 fully saturated rings. The molecule has 0 saturated carbocycles. The van der Waals surface area contributed by atoms with Gasteiger partial charge in [0.1, 0.15) is 0 Å². The molecular formula is C10H15N5S. The average Bonchev–Trinajstić information content (AvgIpc) is 2.25. The molecule has 0 aliphatic carbocycles. The van der Waals surface area contributed by atoms with Crippen molar-refractivity contribution in [2.24, 2.45) is 5.11 Å². The summed E-state index contributed by atoms with van der Waals surface area (Å²) in [6, 6.07) is 0. The first-order chi connectivity index (χ1) is 7.65. The maximum absolute atomic E-state index is 8.11. The van der Waals surface area contributed by atoms with E-state index in [1.165, 1.54) is 0 Å². The van der Waals surface area contributed by atoms with Crippen LogP contribution in [0.2, 0.25) is 0 Å². The van der Waals surface area contributed by atoms with E-state index < -0.39 is 0 Å². The number of hydrogen-bond acceptors (Lipinski definition) is 4. The quantitative estimate of drug-likeness (QED) is 0.197. The van der Waals surface area contributed by atoms with Crippen LogP contribution < -0.4 is 0 Å². The maximum Gasteiger partial charge on any atom is 0.187 e. The lowest BCUT2D eigenvalue weighted by Crippen LogP contribution is -1.98. The minimum atomic E-state index is 0.535. The highest BCUT2D eigenvalue weighted by Crippen LogP contribution is 2.17. The van der Waals surface area contributed by atoms with Crippen LogP contribution in [0.1, 0.15) is 23.4 Å². The fraction of sp³-hybridized carbons (Fsp3) is 0.600. The van der Waals surface area contributed by atoms with Gasteiger partial charge in [-0.2, -0.15) is 0 Å². The van der Waals surface area contributed by atoms with Crippen LogP contribution in [-0.2, 0) is 0 Å². The zero-order chi connectivity index (χ0) is 12.0. The number of rotatable bonds is 5. The molecule has 86 valence electrons. The van der Waals surface area contributed by atoms with Gasteiger partial charge < -0.3 is 0 Å². The molecule has 1 aromatic heterocycles. The highest BCUT2D eigenvalue weighted by molar-refractivity contribution is 7.99. The summed E-state index contributed by atoms with van der Waals surface area (Å²) < 4.78 is 0. The van der Waals surface area contributed by atoms with Crippen molar-refractivity contribution in [2.75, 3.05) is 12.3 Å². The summed E-state index contributed by atoms with van der Waals surface area (Å²) in [7, 11) is 0. The Morgan fingerprint density at radius 2 is 1.88 bits per heavy atom. The molecule has 0 atom stereocenters.